The van der Waals surface area contributed by atoms with Crippen molar-refractivity contribution in [1.29, 1.82) is 0 Å². The van der Waals surface area contributed by atoms with E-state index < -0.39 is 9.05 Å². The maximum absolute atomic E-state index is 11.5. The summed E-state index contributed by atoms with van der Waals surface area (Å²) in [5.74, 6) is 0. The number of carbonyl (C=O) groups excluding carboxylic acids is 1. The van der Waals surface area contributed by atoms with Crippen molar-refractivity contribution in [3.8, 4) is 0 Å². The number of benzene rings is 1. The third-order valence-electron chi connectivity index (χ3n) is 3.01. The van der Waals surface area contributed by atoms with Crippen LogP contribution in [-0.2, 0) is 20.2 Å². The van der Waals surface area contributed by atoms with Gasteiger partial charge in [-0.25, -0.2) is 13.2 Å². The molecule has 0 bridgehead atoms. The molecule has 0 saturated carbocycles. The van der Waals surface area contributed by atoms with Crippen molar-refractivity contribution >= 4 is 31.5 Å². The van der Waals surface area contributed by atoms with E-state index in [2.05, 4.69) is 0 Å². The SMILES string of the molecule is O=C1OCC2Cc3cc(S(=O)(=O)Cl)ccc3N12. The van der Waals surface area contributed by atoms with E-state index in [4.69, 9.17) is 15.4 Å². The van der Waals surface area contributed by atoms with Gasteiger partial charge in [0.15, 0.2) is 0 Å². The quantitative estimate of drug-likeness (QED) is 0.728. The fourth-order valence-electron chi connectivity index (χ4n) is 2.27. The van der Waals surface area contributed by atoms with Crippen LogP contribution in [0.3, 0.4) is 0 Å². The third-order valence-corrected chi connectivity index (χ3v) is 4.36. The Bertz CT molecular complexity index is 613. The number of fused-ring (bicyclic) bond motifs is 3. The Morgan fingerprint density at radius 3 is 2.88 bits per heavy atom. The number of cyclic esters (lactones) is 1. The molecular formula is C10H8ClNO4S. The number of hydrogen-bond donors (Lipinski definition) is 0. The van der Waals surface area contributed by atoms with Gasteiger partial charge >= 0.3 is 6.09 Å². The summed E-state index contributed by atoms with van der Waals surface area (Å²) in [5.41, 5.74) is 1.52. The zero-order valence-corrected chi connectivity index (χ0v) is 10.2. The molecule has 0 aromatic heterocycles. The molecule has 0 N–H and O–H groups in total. The van der Waals surface area contributed by atoms with Crippen molar-refractivity contribution in [2.24, 2.45) is 0 Å². The summed E-state index contributed by atoms with van der Waals surface area (Å²) in [6.45, 7) is 0.344. The third kappa shape index (κ3) is 1.59. The minimum absolute atomic E-state index is 0.0224. The molecule has 0 aliphatic carbocycles. The fourth-order valence-corrected chi connectivity index (χ4v) is 3.07. The smallest absolute Gasteiger partial charge is 0.414 e. The number of anilines is 1. The molecule has 17 heavy (non-hydrogen) atoms. The molecule has 1 aromatic carbocycles. The standard InChI is InChI=1S/C10H8ClNO4S/c11-17(14,15)8-1-2-9-6(4-8)3-7-5-16-10(13)12(7)9/h1-2,4,7H,3,5H2. The first-order valence-corrected chi connectivity index (χ1v) is 7.31. The Morgan fingerprint density at radius 1 is 1.41 bits per heavy atom. The predicted octanol–water partition coefficient (Wildman–Crippen LogP) is 1.50. The van der Waals surface area contributed by atoms with Gasteiger partial charge in [-0.1, -0.05) is 0 Å². The molecule has 1 atom stereocenters. The first kappa shape index (κ1) is 10.9. The summed E-state index contributed by atoms with van der Waals surface area (Å²) < 4.78 is 27.3. The van der Waals surface area contributed by atoms with Gasteiger partial charge in [-0.3, -0.25) is 4.90 Å². The Hall–Kier alpha value is -1.27. The Morgan fingerprint density at radius 2 is 2.18 bits per heavy atom. The normalized spacial score (nSPS) is 22.3. The molecule has 1 amide bonds. The van der Waals surface area contributed by atoms with Gasteiger partial charge in [0.2, 0.25) is 0 Å². The molecule has 2 heterocycles. The molecule has 1 aromatic rings. The number of halogens is 1. The van der Waals surface area contributed by atoms with E-state index in [-0.39, 0.29) is 17.0 Å². The highest BCUT2D eigenvalue weighted by atomic mass is 35.7. The predicted molar refractivity (Wildman–Crippen MR) is 60.8 cm³/mol. The van der Waals surface area contributed by atoms with E-state index in [1.165, 1.54) is 12.1 Å². The highest BCUT2D eigenvalue weighted by molar-refractivity contribution is 8.13. The summed E-state index contributed by atoms with van der Waals surface area (Å²) in [6.07, 6.45) is 0.219. The van der Waals surface area contributed by atoms with Crippen LogP contribution in [0.1, 0.15) is 5.56 Å². The molecular weight excluding hydrogens is 266 g/mol. The first-order chi connectivity index (χ1) is 7.97. The molecule has 7 heteroatoms. The summed E-state index contributed by atoms with van der Waals surface area (Å²) in [7, 11) is 1.55. The largest absolute Gasteiger partial charge is 0.447 e. The number of hydrogen-bond acceptors (Lipinski definition) is 4. The van der Waals surface area contributed by atoms with Crippen LogP contribution in [0, 0.1) is 0 Å². The molecule has 3 rings (SSSR count). The highest BCUT2D eigenvalue weighted by Gasteiger charge is 2.40. The van der Waals surface area contributed by atoms with Gasteiger partial charge in [-0.15, -0.1) is 0 Å². The van der Waals surface area contributed by atoms with Gasteiger partial charge < -0.3 is 4.74 Å². The lowest BCUT2D eigenvalue weighted by Crippen LogP contribution is -2.29. The molecule has 0 radical (unpaired) electrons. The van der Waals surface area contributed by atoms with Gasteiger partial charge in [-0.2, -0.15) is 0 Å². The second-order valence-electron chi connectivity index (χ2n) is 4.03. The summed E-state index contributed by atoms with van der Waals surface area (Å²) in [5, 5.41) is 0. The van der Waals surface area contributed by atoms with E-state index >= 15 is 0 Å². The van der Waals surface area contributed by atoms with Crippen LogP contribution in [0.15, 0.2) is 23.1 Å². The topological polar surface area (TPSA) is 63.7 Å². The first-order valence-electron chi connectivity index (χ1n) is 5.00. The van der Waals surface area contributed by atoms with Crippen molar-refractivity contribution in [3.05, 3.63) is 23.8 Å². The van der Waals surface area contributed by atoms with Crippen LogP contribution < -0.4 is 4.90 Å². The van der Waals surface area contributed by atoms with Crippen LogP contribution >= 0.6 is 10.7 Å². The minimum atomic E-state index is -3.72. The molecule has 2 aliphatic heterocycles. The average Bonchev–Trinajstić information content (AvgIpc) is 2.76. The molecule has 5 nitrogen and oxygen atoms in total. The van der Waals surface area contributed by atoms with Gasteiger partial charge in [-0.05, 0) is 30.2 Å². The average molecular weight is 274 g/mol. The maximum Gasteiger partial charge on any atom is 0.414 e. The van der Waals surface area contributed by atoms with Crippen LogP contribution in [0.5, 0.6) is 0 Å². The van der Waals surface area contributed by atoms with Gasteiger partial charge in [0, 0.05) is 10.7 Å². The lowest BCUT2D eigenvalue weighted by Gasteiger charge is -2.12. The monoisotopic (exact) mass is 273 g/mol. The number of amides is 1. The number of ether oxygens (including phenoxy) is 1. The Labute approximate surface area is 102 Å². The van der Waals surface area contributed by atoms with Gasteiger partial charge in [0.05, 0.1) is 16.6 Å². The second-order valence-corrected chi connectivity index (χ2v) is 6.60. The number of rotatable bonds is 1. The highest BCUT2D eigenvalue weighted by Crippen LogP contribution is 2.37. The van der Waals surface area contributed by atoms with Crippen molar-refractivity contribution in [2.75, 3.05) is 11.5 Å². The summed E-state index contributed by atoms with van der Waals surface area (Å²) >= 11 is 0. The van der Waals surface area contributed by atoms with E-state index in [1.54, 1.807) is 11.0 Å². The molecule has 2 aliphatic rings. The second kappa shape index (κ2) is 3.36. The lowest BCUT2D eigenvalue weighted by molar-refractivity contribution is 0.178. The van der Waals surface area contributed by atoms with Gasteiger partial charge in [0.25, 0.3) is 9.05 Å². The van der Waals surface area contributed by atoms with Crippen LogP contribution in [-0.4, -0.2) is 27.2 Å². The molecule has 0 spiro atoms. The fraction of sp³-hybridized carbons (Fsp3) is 0.300. The van der Waals surface area contributed by atoms with Crippen molar-refractivity contribution in [3.63, 3.8) is 0 Å². The number of nitrogens with zero attached hydrogens (tertiary/aromatic N) is 1. The van der Waals surface area contributed by atoms with E-state index in [0.29, 0.717) is 18.7 Å². The van der Waals surface area contributed by atoms with Crippen LogP contribution in [0.2, 0.25) is 0 Å². The van der Waals surface area contributed by atoms with E-state index in [9.17, 15) is 13.2 Å². The van der Waals surface area contributed by atoms with Crippen molar-refractivity contribution in [2.45, 2.75) is 17.4 Å². The van der Waals surface area contributed by atoms with E-state index in [0.717, 1.165) is 5.56 Å². The van der Waals surface area contributed by atoms with Gasteiger partial charge in [0.1, 0.15) is 6.61 Å². The maximum atomic E-state index is 11.5. The van der Waals surface area contributed by atoms with Crippen molar-refractivity contribution < 1.29 is 17.9 Å². The van der Waals surface area contributed by atoms with Crippen LogP contribution in [0.25, 0.3) is 0 Å². The molecule has 1 saturated heterocycles. The van der Waals surface area contributed by atoms with Crippen molar-refractivity contribution in [1.82, 2.24) is 0 Å². The Kier molecular flexibility index (Phi) is 2.15. The minimum Gasteiger partial charge on any atom is -0.447 e. The molecule has 90 valence electrons. The number of carbonyl (C=O) groups is 1. The zero-order chi connectivity index (χ0) is 12.2. The zero-order valence-electron chi connectivity index (χ0n) is 8.59. The van der Waals surface area contributed by atoms with E-state index in [1.807, 2.05) is 0 Å². The lowest BCUT2D eigenvalue weighted by atomic mass is 10.1. The summed E-state index contributed by atoms with van der Waals surface area (Å²) in [4.78, 5) is 13.1. The summed E-state index contributed by atoms with van der Waals surface area (Å²) in [6, 6.07) is 4.49. The molecule has 1 unspecified atom stereocenters. The molecule has 1 fully saturated rings. The van der Waals surface area contributed by atoms with Crippen LogP contribution in [0.4, 0.5) is 10.5 Å². The Balaban J connectivity index is 2.09.